The zero-order chi connectivity index (χ0) is 14.2. The van der Waals surface area contributed by atoms with E-state index in [1.165, 1.54) is 4.31 Å². The molecule has 1 unspecified atom stereocenters. The van der Waals surface area contributed by atoms with Crippen molar-refractivity contribution in [2.45, 2.75) is 32.8 Å². The van der Waals surface area contributed by atoms with Gasteiger partial charge in [0.1, 0.15) is 0 Å². The third kappa shape index (κ3) is 5.76. The number of hydrogen-bond acceptors (Lipinski definition) is 5. The summed E-state index contributed by atoms with van der Waals surface area (Å²) in [6.45, 7) is 4.16. The van der Waals surface area contributed by atoms with E-state index in [1.807, 2.05) is 13.8 Å². The van der Waals surface area contributed by atoms with Gasteiger partial charge in [0.05, 0.1) is 7.11 Å². The Morgan fingerprint density at radius 3 is 2.22 bits per heavy atom. The molecule has 0 aromatic rings. The fourth-order valence-corrected chi connectivity index (χ4v) is 2.74. The maximum Gasteiger partial charge on any atom is 0.336 e. The van der Waals surface area contributed by atoms with Crippen molar-refractivity contribution in [3.8, 4) is 0 Å². The third-order valence-electron chi connectivity index (χ3n) is 2.22. The van der Waals surface area contributed by atoms with Gasteiger partial charge in [-0.25, -0.2) is 4.79 Å². The molecule has 0 rings (SSSR count). The maximum atomic E-state index is 11.9. The van der Waals surface area contributed by atoms with Crippen molar-refractivity contribution < 1.29 is 23.1 Å². The molecule has 0 saturated carbocycles. The first-order valence-electron chi connectivity index (χ1n) is 5.89. The number of ether oxygens (including phenoxy) is 1. The smallest absolute Gasteiger partial charge is 0.336 e. The van der Waals surface area contributed by atoms with Gasteiger partial charge in [-0.1, -0.05) is 13.8 Å². The van der Waals surface area contributed by atoms with Gasteiger partial charge in [0.15, 0.2) is 6.10 Å². The molecule has 0 amide bonds. The summed E-state index contributed by atoms with van der Waals surface area (Å²) in [6.07, 6.45) is -0.101. The molecule has 1 atom stereocenters. The predicted octanol–water partition coefficient (Wildman–Crippen LogP) is -0.523. The average Bonchev–Trinajstić information content (AvgIpc) is 2.34. The average molecular weight is 282 g/mol. The lowest BCUT2D eigenvalue weighted by Crippen LogP contribution is -2.45. The standard InChI is InChI=1S/C10H22N2O5S/c1-4-6-12(7-5-2)18(15,16)11-8-9(13)10(14)17-3/h9,11,13H,4-8H2,1-3H3. The zero-order valence-corrected chi connectivity index (χ0v) is 11.9. The summed E-state index contributed by atoms with van der Waals surface area (Å²) in [7, 11) is -2.54. The second-order valence-electron chi connectivity index (χ2n) is 3.79. The number of rotatable bonds is 9. The molecule has 7 nitrogen and oxygen atoms in total. The second kappa shape index (κ2) is 8.41. The Balaban J connectivity index is 4.48. The summed E-state index contributed by atoms with van der Waals surface area (Å²) >= 11 is 0. The second-order valence-corrected chi connectivity index (χ2v) is 5.55. The van der Waals surface area contributed by atoms with Crippen LogP contribution in [0.5, 0.6) is 0 Å². The quantitative estimate of drug-likeness (QED) is 0.555. The van der Waals surface area contributed by atoms with E-state index in [1.54, 1.807) is 0 Å². The molecule has 0 fully saturated rings. The third-order valence-corrected chi connectivity index (χ3v) is 3.79. The number of carbonyl (C=O) groups excluding carboxylic acids is 1. The van der Waals surface area contributed by atoms with Crippen LogP contribution in [0.2, 0.25) is 0 Å². The lowest BCUT2D eigenvalue weighted by atomic mass is 10.4. The predicted molar refractivity (Wildman–Crippen MR) is 67.1 cm³/mol. The van der Waals surface area contributed by atoms with Crippen LogP contribution < -0.4 is 4.72 Å². The van der Waals surface area contributed by atoms with Crippen LogP contribution >= 0.6 is 0 Å². The SMILES string of the molecule is CCCN(CCC)S(=O)(=O)NCC(O)C(=O)OC. The van der Waals surface area contributed by atoms with Gasteiger partial charge in [-0.2, -0.15) is 17.4 Å². The van der Waals surface area contributed by atoms with E-state index in [9.17, 15) is 18.3 Å². The van der Waals surface area contributed by atoms with Crippen molar-refractivity contribution in [2.75, 3.05) is 26.7 Å². The number of aliphatic hydroxyl groups is 1. The fraction of sp³-hybridized carbons (Fsp3) is 0.900. The topological polar surface area (TPSA) is 95.9 Å². The molecule has 0 saturated heterocycles. The molecule has 2 N–H and O–H groups in total. The summed E-state index contributed by atoms with van der Waals surface area (Å²) in [4.78, 5) is 10.9. The molecular weight excluding hydrogens is 260 g/mol. The van der Waals surface area contributed by atoms with Gasteiger partial charge >= 0.3 is 5.97 Å². The van der Waals surface area contributed by atoms with Gasteiger partial charge in [0, 0.05) is 19.6 Å². The first kappa shape index (κ1) is 17.3. The number of nitrogens with zero attached hydrogens (tertiary/aromatic N) is 1. The number of esters is 1. The van der Waals surface area contributed by atoms with Crippen LogP contribution in [0.4, 0.5) is 0 Å². The van der Waals surface area contributed by atoms with Crippen molar-refractivity contribution >= 4 is 16.2 Å². The zero-order valence-electron chi connectivity index (χ0n) is 11.0. The monoisotopic (exact) mass is 282 g/mol. The van der Waals surface area contributed by atoms with Crippen LogP contribution in [0.15, 0.2) is 0 Å². The highest BCUT2D eigenvalue weighted by Crippen LogP contribution is 2.01. The minimum atomic E-state index is -3.67. The van der Waals surface area contributed by atoms with E-state index < -0.39 is 22.3 Å². The highest BCUT2D eigenvalue weighted by Gasteiger charge is 2.23. The summed E-state index contributed by atoms with van der Waals surface area (Å²) in [6, 6.07) is 0. The Morgan fingerprint density at radius 2 is 1.83 bits per heavy atom. The normalized spacial score (nSPS) is 13.6. The lowest BCUT2D eigenvalue weighted by molar-refractivity contribution is -0.149. The minimum Gasteiger partial charge on any atom is -0.467 e. The first-order chi connectivity index (χ1) is 8.38. The van der Waals surface area contributed by atoms with E-state index >= 15 is 0 Å². The first-order valence-corrected chi connectivity index (χ1v) is 7.33. The van der Waals surface area contributed by atoms with E-state index in [-0.39, 0.29) is 6.54 Å². The highest BCUT2D eigenvalue weighted by atomic mass is 32.2. The summed E-state index contributed by atoms with van der Waals surface area (Å²) in [5.41, 5.74) is 0. The molecule has 0 aromatic heterocycles. The molecule has 0 aliphatic rings. The Labute approximate surface area is 108 Å². The minimum absolute atomic E-state index is 0.390. The number of methoxy groups -OCH3 is 1. The number of nitrogens with one attached hydrogen (secondary N) is 1. The molecule has 0 heterocycles. The molecule has 108 valence electrons. The van der Waals surface area contributed by atoms with E-state index in [2.05, 4.69) is 9.46 Å². The molecule has 0 aliphatic heterocycles. The van der Waals surface area contributed by atoms with Crippen LogP contribution in [0.25, 0.3) is 0 Å². The largest absolute Gasteiger partial charge is 0.467 e. The van der Waals surface area contributed by atoms with Gasteiger partial charge < -0.3 is 9.84 Å². The van der Waals surface area contributed by atoms with Gasteiger partial charge in [-0.3, -0.25) is 0 Å². The van der Waals surface area contributed by atoms with E-state index in [0.29, 0.717) is 25.9 Å². The molecule has 0 radical (unpaired) electrons. The lowest BCUT2D eigenvalue weighted by Gasteiger charge is -2.21. The van der Waals surface area contributed by atoms with Crippen molar-refractivity contribution in [3.05, 3.63) is 0 Å². The molecule has 0 bridgehead atoms. The maximum absolute atomic E-state index is 11.9. The number of hydrogen-bond donors (Lipinski definition) is 2. The van der Waals surface area contributed by atoms with Crippen LogP contribution in [0.3, 0.4) is 0 Å². The van der Waals surface area contributed by atoms with E-state index in [0.717, 1.165) is 7.11 Å². The van der Waals surface area contributed by atoms with Crippen LogP contribution in [-0.4, -0.2) is 56.6 Å². The summed E-state index contributed by atoms with van der Waals surface area (Å²) in [5, 5.41) is 9.30. The number of carbonyl (C=O) groups is 1. The highest BCUT2D eigenvalue weighted by molar-refractivity contribution is 7.87. The number of aliphatic hydroxyl groups excluding tert-OH is 1. The molecule has 0 aromatic carbocycles. The van der Waals surface area contributed by atoms with Gasteiger partial charge in [-0.05, 0) is 12.8 Å². The van der Waals surface area contributed by atoms with Crippen LogP contribution in [0, 0.1) is 0 Å². The van der Waals surface area contributed by atoms with Gasteiger partial charge in [0.2, 0.25) is 0 Å². The van der Waals surface area contributed by atoms with Crippen molar-refractivity contribution in [1.29, 1.82) is 0 Å². The van der Waals surface area contributed by atoms with Crippen molar-refractivity contribution in [1.82, 2.24) is 9.03 Å². The molecule has 0 aliphatic carbocycles. The van der Waals surface area contributed by atoms with Crippen LogP contribution in [0.1, 0.15) is 26.7 Å². The van der Waals surface area contributed by atoms with E-state index in [4.69, 9.17) is 0 Å². The van der Waals surface area contributed by atoms with Gasteiger partial charge in [-0.15, -0.1) is 0 Å². The van der Waals surface area contributed by atoms with Crippen LogP contribution in [-0.2, 0) is 19.7 Å². The Bertz CT molecular complexity index is 338. The Kier molecular flexibility index (Phi) is 8.08. The molecule has 18 heavy (non-hydrogen) atoms. The van der Waals surface area contributed by atoms with Gasteiger partial charge in [0.25, 0.3) is 10.2 Å². The molecular formula is C10H22N2O5S. The van der Waals surface area contributed by atoms with Crippen molar-refractivity contribution in [2.24, 2.45) is 0 Å². The Morgan fingerprint density at radius 1 is 1.33 bits per heavy atom. The Hall–Kier alpha value is -0.700. The molecule has 8 heteroatoms. The summed E-state index contributed by atoms with van der Waals surface area (Å²) in [5.74, 6) is -0.866. The summed E-state index contributed by atoms with van der Waals surface area (Å²) < 4.78 is 31.5. The fourth-order valence-electron chi connectivity index (χ4n) is 1.35. The van der Waals surface area contributed by atoms with Crippen molar-refractivity contribution in [3.63, 3.8) is 0 Å². The molecule has 0 spiro atoms.